The van der Waals surface area contributed by atoms with Gasteiger partial charge in [-0.1, -0.05) is 105 Å². The molecule has 2 atom stereocenters. The predicted octanol–water partition coefficient (Wildman–Crippen LogP) is 6.34. The van der Waals surface area contributed by atoms with Crippen LogP contribution in [-0.2, 0) is 25.5 Å². The molecule has 0 bridgehead atoms. The van der Waals surface area contributed by atoms with Crippen LogP contribution in [-0.4, -0.2) is 22.2 Å². The van der Waals surface area contributed by atoms with Gasteiger partial charge in [0.2, 0.25) is 5.60 Å². The maximum absolute atomic E-state index is 14.1. The van der Waals surface area contributed by atoms with E-state index in [-0.39, 0.29) is 5.92 Å². The summed E-state index contributed by atoms with van der Waals surface area (Å²) in [5.74, 6) is 4.51. The minimum atomic E-state index is -1.88. The zero-order chi connectivity index (χ0) is 26.1. The van der Waals surface area contributed by atoms with E-state index in [4.69, 9.17) is 4.74 Å². The fourth-order valence-electron chi connectivity index (χ4n) is 5.96. The summed E-state index contributed by atoms with van der Waals surface area (Å²) in [5.41, 5.74) is -2.61. The molecule has 0 radical (unpaired) electrons. The molecule has 5 heteroatoms. The Balaban J connectivity index is 1.74. The summed E-state index contributed by atoms with van der Waals surface area (Å²) in [6.07, 6.45) is 10.3. The number of esters is 1. The molecule has 4 rings (SSSR count). The minimum absolute atomic E-state index is 0.315. The van der Waals surface area contributed by atoms with Crippen LogP contribution >= 0.6 is 0 Å². The molecule has 196 valence electrons. The number of carbonyl (C=O) groups is 2. The molecule has 0 amide bonds. The van der Waals surface area contributed by atoms with Gasteiger partial charge in [-0.3, -0.25) is 4.79 Å². The third-order valence-electron chi connectivity index (χ3n) is 8.03. The van der Waals surface area contributed by atoms with Gasteiger partial charge in [0.15, 0.2) is 5.60 Å². The SMILES string of the molecule is O=C(O)CC(C#CCC1CCCCC1)(OC(=O)C(O)(c1ccccc1)C1CCCCC1)c1ccccc1. The summed E-state index contributed by atoms with van der Waals surface area (Å²) in [5, 5.41) is 22.0. The van der Waals surface area contributed by atoms with Crippen LogP contribution in [0, 0.1) is 23.7 Å². The number of benzene rings is 2. The monoisotopic (exact) mass is 502 g/mol. The van der Waals surface area contributed by atoms with Crippen LogP contribution in [0.2, 0.25) is 0 Å². The Morgan fingerprint density at radius 1 is 0.811 bits per heavy atom. The van der Waals surface area contributed by atoms with Gasteiger partial charge in [-0.15, -0.1) is 0 Å². The number of carbonyl (C=O) groups excluding carboxylic acids is 1. The van der Waals surface area contributed by atoms with Crippen LogP contribution in [0.25, 0.3) is 0 Å². The zero-order valence-electron chi connectivity index (χ0n) is 21.5. The lowest BCUT2D eigenvalue weighted by molar-refractivity contribution is -0.189. The molecule has 0 aromatic heterocycles. The first-order valence-corrected chi connectivity index (χ1v) is 13.7. The molecule has 2 saturated carbocycles. The molecule has 0 saturated heterocycles. The Morgan fingerprint density at radius 2 is 1.35 bits per heavy atom. The predicted molar refractivity (Wildman–Crippen MR) is 142 cm³/mol. The molecule has 0 aliphatic heterocycles. The Morgan fingerprint density at radius 3 is 1.92 bits per heavy atom. The number of carboxylic acid groups (broad SMARTS) is 1. The van der Waals surface area contributed by atoms with Crippen molar-refractivity contribution in [3.8, 4) is 11.8 Å². The van der Waals surface area contributed by atoms with Crippen molar-refractivity contribution in [2.75, 3.05) is 0 Å². The molecule has 2 aliphatic carbocycles. The summed E-state index contributed by atoms with van der Waals surface area (Å²) in [6.45, 7) is 0. The maximum Gasteiger partial charge on any atom is 0.344 e. The van der Waals surface area contributed by atoms with Crippen molar-refractivity contribution in [3.63, 3.8) is 0 Å². The first-order chi connectivity index (χ1) is 17.9. The smallest absolute Gasteiger partial charge is 0.344 e. The number of ether oxygens (including phenoxy) is 1. The van der Waals surface area contributed by atoms with Crippen molar-refractivity contribution >= 4 is 11.9 Å². The molecular formula is C32H38O5. The normalized spacial score (nSPS) is 20.0. The van der Waals surface area contributed by atoms with E-state index in [0.717, 1.165) is 32.1 Å². The summed E-state index contributed by atoms with van der Waals surface area (Å²) >= 11 is 0. The zero-order valence-corrected chi connectivity index (χ0v) is 21.5. The van der Waals surface area contributed by atoms with Gasteiger partial charge < -0.3 is 14.9 Å². The first-order valence-electron chi connectivity index (χ1n) is 13.7. The molecule has 37 heavy (non-hydrogen) atoms. The van der Waals surface area contributed by atoms with E-state index in [9.17, 15) is 19.8 Å². The molecule has 2 unspecified atom stereocenters. The van der Waals surface area contributed by atoms with Crippen LogP contribution in [0.5, 0.6) is 0 Å². The largest absolute Gasteiger partial charge is 0.481 e. The number of rotatable bonds is 8. The van der Waals surface area contributed by atoms with Crippen molar-refractivity contribution in [1.82, 2.24) is 0 Å². The Kier molecular flexibility index (Phi) is 9.05. The molecule has 2 aliphatic rings. The van der Waals surface area contributed by atoms with E-state index >= 15 is 0 Å². The maximum atomic E-state index is 14.1. The van der Waals surface area contributed by atoms with Gasteiger partial charge >= 0.3 is 11.9 Å². The number of hydrogen-bond acceptors (Lipinski definition) is 4. The van der Waals surface area contributed by atoms with Crippen LogP contribution in [0.4, 0.5) is 0 Å². The van der Waals surface area contributed by atoms with Crippen molar-refractivity contribution in [2.45, 2.75) is 88.3 Å². The highest BCUT2D eigenvalue weighted by atomic mass is 16.6. The topological polar surface area (TPSA) is 83.8 Å². The van der Waals surface area contributed by atoms with E-state index in [1.807, 2.05) is 12.1 Å². The summed E-state index contributed by atoms with van der Waals surface area (Å²) in [4.78, 5) is 26.2. The number of aliphatic hydroxyl groups is 1. The molecule has 2 aromatic rings. The summed E-state index contributed by atoms with van der Waals surface area (Å²) < 4.78 is 6.15. The highest BCUT2D eigenvalue weighted by Gasteiger charge is 2.50. The lowest BCUT2D eigenvalue weighted by Gasteiger charge is -2.39. The van der Waals surface area contributed by atoms with Gasteiger partial charge in [-0.05, 0) is 43.1 Å². The fraction of sp³-hybridized carbons (Fsp3) is 0.500. The van der Waals surface area contributed by atoms with Crippen LogP contribution in [0.15, 0.2) is 60.7 Å². The third kappa shape index (κ3) is 6.43. The highest BCUT2D eigenvalue weighted by molar-refractivity contribution is 5.83. The lowest BCUT2D eigenvalue weighted by atomic mass is 9.73. The quantitative estimate of drug-likeness (QED) is 0.325. The average Bonchev–Trinajstić information content (AvgIpc) is 2.94. The van der Waals surface area contributed by atoms with Crippen molar-refractivity contribution in [2.24, 2.45) is 11.8 Å². The number of aliphatic carboxylic acids is 1. The van der Waals surface area contributed by atoms with Crippen molar-refractivity contribution < 1.29 is 24.5 Å². The van der Waals surface area contributed by atoms with E-state index in [1.54, 1.807) is 48.5 Å². The van der Waals surface area contributed by atoms with Gasteiger partial charge in [0, 0.05) is 17.9 Å². The Labute approximate surface area is 220 Å². The van der Waals surface area contributed by atoms with E-state index in [2.05, 4.69) is 11.8 Å². The molecule has 0 heterocycles. The molecule has 2 N–H and O–H groups in total. The second-order valence-corrected chi connectivity index (χ2v) is 10.6. The second-order valence-electron chi connectivity index (χ2n) is 10.6. The fourth-order valence-corrected chi connectivity index (χ4v) is 5.96. The summed E-state index contributed by atoms with van der Waals surface area (Å²) in [7, 11) is 0. The standard InChI is InChI=1S/C32H38O5/c33-29(34)24-31(26-17-7-2-8-18-26,23-13-16-25-14-5-1-6-15-25)37-30(35)32(36,27-19-9-3-10-20-27)28-21-11-4-12-22-28/h2-3,7-10,17-20,25,28,36H,1,4-6,11-12,14-16,21-22,24H2,(H,33,34). The van der Waals surface area contributed by atoms with E-state index in [0.29, 0.717) is 36.3 Å². The first kappa shape index (κ1) is 26.9. The summed E-state index contributed by atoms with van der Waals surface area (Å²) in [6, 6.07) is 17.8. The number of hydrogen-bond donors (Lipinski definition) is 2. The van der Waals surface area contributed by atoms with Gasteiger partial charge in [0.1, 0.15) is 6.42 Å². The molecule has 2 fully saturated rings. The van der Waals surface area contributed by atoms with Crippen molar-refractivity contribution in [3.05, 3.63) is 71.8 Å². The molecule has 0 spiro atoms. The Bertz CT molecular complexity index is 1090. The van der Waals surface area contributed by atoms with Crippen LogP contribution in [0.1, 0.15) is 88.2 Å². The van der Waals surface area contributed by atoms with Crippen LogP contribution in [0.3, 0.4) is 0 Å². The van der Waals surface area contributed by atoms with Crippen LogP contribution < -0.4 is 0 Å². The van der Waals surface area contributed by atoms with Gasteiger partial charge in [0.05, 0.1) is 0 Å². The Hall–Kier alpha value is -3.10. The third-order valence-corrected chi connectivity index (χ3v) is 8.03. The van der Waals surface area contributed by atoms with Gasteiger partial charge in [0.25, 0.3) is 0 Å². The van der Waals surface area contributed by atoms with E-state index in [1.165, 1.54) is 19.3 Å². The number of carboxylic acids is 1. The lowest BCUT2D eigenvalue weighted by Crippen LogP contribution is -2.48. The highest BCUT2D eigenvalue weighted by Crippen LogP contribution is 2.42. The molecule has 5 nitrogen and oxygen atoms in total. The van der Waals surface area contributed by atoms with Crippen molar-refractivity contribution in [1.29, 1.82) is 0 Å². The second kappa shape index (κ2) is 12.4. The van der Waals surface area contributed by atoms with Gasteiger partial charge in [-0.2, -0.15) is 0 Å². The van der Waals surface area contributed by atoms with Gasteiger partial charge in [-0.25, -0.2) is 4.79 Å². The van der Waals surface area contributed by atoms with E-state index < -0.39 is 29.6 Å². The minimum Gasteiger partial charge on any atom is -0.481 e. The average molecular weight is 503 g/mol. The molecular weight excluding hydrogens is 464 g/mol. The molecule has 2 aromatic carbocycles.